The minimum atomic E-state index is -0.255. The Morgan fingerprint density at radius 3 is 2.76 bits per heavy atom. The van der Waals surface area contributed by atoms with Crippen LogP contribution in [0.5, 0.6) is 0 Å². The first-order chi connectivity index (χ1) is 8.28. The van der Waals surface area contributed by atoms with Crippen LogP contribution in [0.15, 0.2) is 49.1 Å². The van der Waals surface area contributed by atoms with Crippen LogP contribution in [-0.4, -0.2) is 24.4 Å². The summed E-state index contributed by atoms with van der Waals surface area (Å²) in [7, 11) is 0. The van der Waals surface area contributed by atoms with Crippen molar-refractivity contribution in [2.24, 2.45) is 5.41 Å². The first-order valence-corrected chi connectivity index (χ1v) is 5.87. The van der Waals surface area contributed by atoms with Crippen molar-refractivity contribution in [2.75, 3.05) is 13.2 Å². The van der Waals surface area contributed by atoms with Crippen molar-refractivity contribution in [1.82, 2.24) is 0 Å². The standard InChI is InChI=1S/C15H18O2/c1-2-14-10-15(11-16,12-17-14)9-8-13-6-4-3-5-7-13/h2-9,14,16H,1,10-12H2/b9-8+/t14-,15+/m1/s1. The molecule has 0 aromatic heterocycles. The molecule has 1 aliphatic heterocycles. The van der Waals surface area contributed by atoms with Gasteiger partial charge in [-0.3, -0.25) is 0 Å². The highest BCUT2D eigenvalue weighted by Crippen LogP contribution is 2.34. The third-order valence-electron chi connectivity index (χ3n) is 3.20. The van der Waals surface area contributed by atoms with E-state index in [4.69, 9.17) is 4.74 Å². The summed E-state index contributed by atoms with van der Waals surface area (Å²) in [6, 6.07) is 10.1. The fraction of sp³-hybridized carbons (Fsp3) is 0.333. The van der Waals surface area contributed by atoms with Crippen LogP contribution in [0.1, 0.15) is 12.0 Å². The van der Waals surface area contributed by atoms with Gasteiger partial charge in [0.25, 0.3) is 0 Å². The maximum Gasteiger partial charge on any atom is 0.0763 e. The number of ether oxygens (including phenoxy) is 1. The van der Waals surface area contributed by atoms with Crippen LogP contribution < -0.4 is 0 Å². The van der Waals surface area contributed by atoms with E-state index in [-0.39, 0.29) is 18.1 Å². The second kappa shape index (κ2) is 5.30. The summed E-state index contributed by atoms with van der Waals surface area (Å²) >= 11 is 0. The normalized spacial score (nSPS) is 28.6. The van der Waals surface area contributed by atoms with E-state index in [9.17, 15) is 5.11 Å². The average molecular weight is 230 g/mol. The Kier molecular flexibility index (Phi) is 3.77. The molecule has 1 heterocycles. The van der Waals surface area contributed by atoms with Gasteiger partial charge in [0.05, 0.1) is 19.3 Å². The molecule has 0 bridgehead atoms. The highest BCUT2D eigenvalue weighted by atomic mass is 16.5. The molecule has 1 aliphatic rings. The van der Waals surface area contributed by atoms with E-state index in [0.717, 1.165) is 12.0 Å². The molecule has 0 unspecified atom stereocenters. The molecular weight excluding hydrogens is 212 g/mol. The number of hydrogen-bond acceptors (Lipinski definition) is 2. The molecule has 0 saturated carbocycles. The van der Waals surface area contributed by atoms with Gasteiger partial charge in [0, 0.05) is 5.41 Å². The van der Waals surface area contributed by atoms with Crippen molar-refractivity contribution in [2.45, 2.75) is 12.5 Å². The number of benzene rings is 1. The van der Waals surface area contributed by atoms with Gasteiger partial charge in [-0.1, -0.05) is 48.6 Å². The molecule has 0 radical (unpaired) electrons. The minimum Gasteiger partial charge on any atom is -0.395 e. The quantitative estimate of drug-likeness (QED) is 0.806. The smallest absolute Gasteiger partial charge is 0.0763 e. The molecule has 2 nitrogen and oxygen atoms in total. The largest absolute Gasteiger partial charge is 0.395 e. The Labute approximate surface area is 102 Å². The van der Waals surface area contributed by atoms with Crippen molar-refractivity contribution in [3.63, 3.8) is 0 Å². The Morgan fingerprint density at radius 2 is 2.18 bits per heavy atom. The fourth-order valence-corrected chi connectivity index (χ4v) is 2.06. The monoisotopic (exact) mass is 230 g/mol. The summed E-state index contributed by atoms with van der Waals surface area (Å²) in [5.41, 5.74) is 0.886. The van der Waals surface area contributed by atoms with E-state index >= 15 is 0 Å². The van der Waals surface area contributed by atoms with Crippen LogP contribution >= 0.6 is 0 Å². The molecule has 1 saturated heterocycles. The van der Waals surface area contributed by atoms with Gasteiger partial charge in [-0.25, -0.2) is 0 Å². The van der Waals surface area contributed by atoms with E-state index in [2.05, 4.69) is 12.7 Å². The van der Waals surface area contributed by atoms with Crippen LogP contribution in [0, 0.1) is 5.41 Å². The highest BCUT2D eigenvalue weighted by Gasteiger charge is 2.36. The van der Waals surface area contributed by atoms with Gasteiger partial charge in [0.15, 0.2) is 0 Å². The number of aliphatic hydroxyl groups is 1. The fourth-order valence-electron chi connectivity index (χ4n) is 2.06. The van der Waals surface area contributed by atoms with Gasteiger partial charge in [-0.15, -0.1) is 6.58 Å². The van der Waals surface area contributed by atoms with Crippen molar-refractivity contribution >= 4 is 6.08 Å². The number of aliphatic hydroxyl groups excluding tert-OH is 1. The topological polar surface area (TPSA) is 29.5 Å². The van der Waals surface area contributed by atoms with Crippen molar-refractivity contribution in [3.05, 3.63) is 54.6 Å². The van der Waals surface area contributed by atoms with Crippen LogP contribution in [0.4, 0.5) is 0 Å². The van der Waals surface area contributed by atoms with E-state index in [0.29, 0.717) is 6.61 Å². The number of hydrogen-bond donors (Lipinski definition) is 1. The van der Waals surface area contributed by atoms with E-state index in [1.54, 1.807) is 6.08 Å². The molecule has 1 aromatic carbocycles. The van der Waals surface area contributed by atoms with Gasteiger partial charge in [-0.05, 0) is 12.0 Å². The summed E-state index contributed by atoms with van der Waals surface area (Å²) in [5.74, 6) is 0. The maximum absolute atomic E-state index is 9.54. The van der Waals surface area contributed by atoms with E-state index < -0.39 is 0 Å². The third-order valence-corrected chi connectivity index (χ3v) is 3.20. The zero-order valence-corrected chi connectivity index (χ0v) is 9.88. The van der Waals surface area contributed by atoms with Crippen LogP contribution in [0.3, 0.4) is 0 Å². The molecule has 1 N–H and O–H groups in total. The summed E-state index contributed by atoms with van der Waals surface area (Å²) in [4.78, 5) is 0. The molecular formula is C15H18O2. The lowest BCUT2D eigenvalue weighted by Gasteiger charge is -2.19. The van der Waals surface area contributed by atoms with Gasteiger partial charge in [0.1, 0.15) is 0 Å². The molecule has 2 rings (SSSR count). The Hall–Kier alpha value is -1.38. The second-order valence-electron chi connectivity index (χ2n) is 4.55. The molecule has 0 spiro atoms. The van der Waals surface area contributed by atoms with Crippen molar-refractivity contribution in [1.29, 1.82) is 0 Å². The second-order valence-corrected chi connectivity index (χ2v) is 4.55. The molecule has 0 amide bonds. The molecule has 1 fully saturated rings. The molecule has 90 valence electrons. The van der Waals surface area contributed by atoms with Gasteiger partial charge in [0.2, 0.25) is 0 Å². The predicted molar refractivity (Wildman–Crippen MR) is 69.5 cm³/mol. The first-order valence-electron chi connectivity index (χ1n) is 5.87. The molecule has 1 aromatic rings. The average Bonchev–Trinajstić information content (AvgIpc) is 2.82. The lowest BCUT2D eigenvalue weighted by Crippen LogP contribution is -2.23. The summed E-state index contributed by atoms with van der Waals surface area (Å²) in [5, 5.41) is 9.54. The highest BCUT2D eigenvalue weighted by molar-refractivity contribution is 5.50. The van der Waals surface area contributed by atoms with E-state index in [1.807, 2.05) is 36.4 Å². The predicted octanol–water partition coefficient (Wildman–Crippen LogP) is 2.65. The molecule has 2 atom stereocenters. The van der Waals surface area contributed by atoms with E-state index in [1.165, 1.54) is 0 Å². The zero-order chi connectivity index (χ0) is 12.1. The minimum absolute atomic E-state index is 0.0579. The first kappa shape index (κ1) is 12.1. The summed E-state index contributed by atoms with van der Waals surface area (Å²) in [6.45, 7) is 4.40. The molecule has 2 heteroatoms. The van der Waals surface area contributed by atoms with Crippen molar-refractivity contribution in [3.8, 4) is 0 Å². The number of rotatable bonds is 4. The van der Waals surface area contributed by atoms with Gasteiger partial charge >= 0.3 is 0 Å². The lowest BCUT2D eigenvalue weighted by atomic mass is 9.85. The van der Waals surface area contributed by atoms with Gasteiger partial charge < -0.3 is 9.84 Å². The zero-order valence-electron chi connectivity index (χ0n) is 9.88. The summed E-state index contributed by atoms with van der Waals surface area (Å²) in [6.07, 6.45) is 6.77. The van der Waals surface area contributed by atoms with Crippen LogP contribution in [0.25, 0.3) is 6.08 Å². The van der Waals surface area contributed by atoms with Gasteiger partial charge in [-0.2, -0.15) is 0 Å². The lowest BCUT2D eigenvalue weighted by molar-refractivity contribution is 0.107. The van der Waals surface area contributed by atoms with Crippen molar-refractivity contribution < 1.29 is 9.84 Å². The van der Waals surface area contributed by atoms with Crippen LogP contribution in [-0.2, 0) is 4.74 Å². The SMILES string of the molecule is C=C[C@@H]1C[C@@](/C=C/c2ccccc2)(CO)CO1. The third kappa shape index (κ3) is 2.84. The molecule has 0 aliphatic carbocycles. The summed E-state index contributed by atoms with van der Waals surface area (Å²) < 4.78 is 5.57. The van der Waals surface area contributed by atoms with Crippen LogP contribution in [0.2, 0.25) is 0 Å². The Morgan fingerprint density at radius 1 is 1.41 bits per heavy atom. The Bertz CT molecular complexity index is 397. The Balaban J connectivity index is 2.10. The molecule has 17 heavy (non-hydrogen) atoms. The maximum atomic E-state index is 9.54.